The van der Waals surface area contributed by atoms with E-state index in [1.807, 2.05) is 52.0 Å². The second-order valence-electron chi connectivity index (χ2n) is 7.87. The number of hydrogen-bond donors (Lipinski definition) is 3. The third kappa shape index (κ3) is 6.44. The summed E-state index contributed by atoms with van der Waals surface area (Å²) in [6.07, 6.45) is -4.63. The molecule has 2 amide bonds. The molecule has 3 rings (SSSR count). The Kier molecular flexibility index (Phi) is 7.14. The Morgan fingerprint density at radius 2 is 1.29 bits per heavy atom. The molecule has 0 aromatic heterocycles. The fourth-order valence-electron chi connectivity index (χ4n) is 3.66. The Morgan fingerprint density at radius 1 is 0.839 bits per heavy atom. The van der Waals surface area contributed by atoms with Crippen molar-refractivity contribution in [2.24, 2.45) is 0 Å². The molecule has 3 N–H and O–H groups in total. The molecule has 166 valence electrons. The summed E-state index contributed by atoms with van der Waals surface area (Å²) in [6.45, 7) is 7.86. The van der Waals surface area contributed by atoms with Gasteiger partial charge in [-0.3, -0.25) is 10.6 Å². The largest absolute Gasteiger partial charge is 0.442 e. The summed E-state index contributed by atoms with van der Waals surface area (Å²) in [6, 6.07) is 11.2. The first-order chi connectivity index (χ1) is 14.7. The third-order valence-corrected chi connectivity index (χ3v) is 4.78. The molecule has 8 heteroatoms. The second kappa shape index (κ2) is 9.80. The van der Waals surface area contributed by atoms with Gasteiger partial charge in [-0.2, -0.15) is 0 Å². The SMILES string of the molecule is Cc1cc(C)cc(NC(=O)O[C@H]2[C@H](O)OCC[C@H]2OC(=O)Nc2cc(C)cc(C)c2)c1. The van der Waals surface area contributed by atoms with Crippen LogP contribution < -0.4 is 10.6 Å². The van der Waals surface area contributed by atoms with Crippen molar-refractivity contribution in [3.63, 3.8) is 0 Å². The summed E-state index contributed by atoms with van der Waals surface area (Å²) < 4.78 is 16.0. The average molecular weight is 428 g/mol. The van der Waals surface area contributed by atoms with Crippen LogP contribution in [-0.4, -0.2) is 42.4 Å². The molecule has 2 aromatic carbocycles. The zero-order valence-corrected chi connectivity index (χ0v) is 18.1. The zero-order chi connectivity index (χ0) is 22.5. The van der Waals surface area contributed by atoms with Crippen LogP contribution in [0, 0.1) is 27.7 Å². The van der Waals surface area contributed by atoms with Gasteiger partial charge in [0.2, 0.25) is 0 Å². The molecule has 31 heavy (non-hydrogen) atoms. The van der Waals surface area contributed by atoms with E-state index in [-0.39, 0.29) is 13.0 Å². The molecule has 0 spiro atoms. The van der Waals surface area contributed by atoms with E-state index in [0.717, 1.165) is 22.3 Å². The number of hydrogen-bond acceptors (Lipinski definition) is 6. The molecule has 8 nitrogen and oxygen atoms in total. The standard InChI is InChI=1S/C23H28N2O6/c1-13-7-14(2)10-17(9-13)24-22(27)30-19-5-6-29-21(26)20(19)31-23(28)25-18-11-15(3)8-16(4)12-18/h7-12,19-21,26H,5-6H2,1-4H3,(H,24,27)(H,25,28)/t19-,20-,21-/m1/s1. The molecule has 3 atom stereocenters. The van der Waals surface area contributed by atoms with Crippen LogP contribution in [-0.2, 0) is 14.2 Å². The highest BCUT2D eigenvalue weighted by molar-refractivity contribution is 5.86. The number of aliphatic hydroxyl groups is 1. The fraction of sp³-hybridized carbons (Fsp3) is 0.391. The Balaban J connectivity index is 1.63. The number of benzene rings is 2. The molecule has 0 saturated carbocycles. The van der Waals surface area contributed by atoms with Crippen molar-refractivity contribution in [1.82, 2.24) is 0 Å². The maximum atomic E-state index is 12.4. The van der Waals surface area contributed by atoms with Gasteiger partial charge in [0.25, 0.3) is 0 Å². The van der Waals surface area contributed by atoms with E-state index in [0.29, 0.717) is 11.4 Å². The Hall–Kier alpha value is -3.10. The molecule has 1 aliphatic heterocycles. The molecule has 0 unspecified atom stereocenters. The van der Waals surface area contributed by atoms with Crippen molar-refractivity contribution in [2.45, 2.75) is 52.6 Å². The van der Waals surface area contributed by atoms with Crippen LogP contribution in [0.4, 0.5) is 21.0 Å². The topological polar surface area (TPSA) is 106 Å². The smallest absolute Gasteiger partial charge is 0.412 e. The molecule has 2 aromatic rings. The summed E-state index contributed by atoms with van der Waals surface area (Å²) in [4.78, 5) is 24.8. The van der Waals surface area contributed by atoms with Crippen molar-refractivity contribution in [3.05, 3.63) is 58.7 Å². The number of anilines is 2. The minimum Gasteiger partial charge on any atom is -0.442 e. The maximum absolute atomic E-state index is 12.4. The van der Waals surface area contributed by atoms with Crippen molar-refractivity contribution in [1.29, 1.82) is 0 Å². The molecule has 1 heterocycles. The number of ether oxygens (including phenoxy) is 3. The summed E-state index contributed by atoms with van der Waals surface area (Å²) in [7, 11) is 0. The van der Waals surface area contributed by atoms with Gasteiger partial charge in [-0.25, -0.2) is 9.59 Å². The van der Waals surface area contributed by atoms with Crippen LogP contribution in [0.2, 0.25) is 0 Å². The van der Waals surface area contributed by atoms with Gasteiger partial charge in [0, 0.05) is 17.8 Å². The molecular weight excluding hydrogens is 400 g/mol. The molecule has 0 aliphatic carbocycles. The van der Waals surface area contributed by atoms with E-state index in [2.05, 4.69) is 10.6 Å². The summed E-state index contributed by atoms with van der Waals surface area (Å²) in [5, 5.41) is 15.5. The van der Waals surface area contributed by atoms with E-state index in [1.54, 1.807) is 12.1 Å². The highest BCUT2D eigenvalue weighted by atomic mass is 16.7. The van der Waals surface area contributed by atoms with Gasteiger partial charge >= 0.3 is 12.2 Å². The van der Waals surface area contributed by atoms with E-state index in [1.165, 1.54) is 0 Å². The van der Waals surface area contributed by atoms with E-state index in [4.69, 9.17) is 14.2 Å². The van der Waals surface area contributed by atoms with Crippen molar-refractivity contribution < 1.29 is 28.9 Å². The lowest BCUT2D eigenvalue weighted by atomic mass is 10.1. The molecular formula is C23H28N2O6. The van der Waals surface area contributed by atoms with Crippen LogP contribution in [0.25, 0.3) is 0 Å². The fourth-order valence-corrected chi connectivity index (χ4v) is 3.66. The number of nitrogens with one attached hydrogen (secondary N) is 2. The van der Waals surface area contributed by atoms with Gasteiger partial charge in [0.05, 0.1) is 6.61 Å². The minimum absolute atomic E-state index is 0.168. The van der Waals surface area contributed by atoms with Crippen molar-refractivity contribution in [2.75, 3.05) is 17.2 Å². The normalized spacial score (nSPS) is 20.6. The van der Waals surface area contributed by atoms with Crippen LogP contribution >= 0.6 is 0 Å². The summed E-state index contributed by atoms with van der Waals surface area (Å²) in [5.41, 5.74) is 5.14. The molecule has 1 aliphatic rings. The Labute approximate surface area is 181 Å². The van der Waals surface area contributed by atoms with Crippen LogP contribution in [0.15, 0.2) is 36.4 Å². The highest BCUT2D eigenvalue weighted by Crippen LogP contribution is 2.22. The number of aryl methyl sites for hydroxylation is 4. The van der Waals surface area contributed by atoms with Crippen LogP contribution in [0.3, 0.4) is 0 Å². The Morgan fingerprint density at radius 3 is 1.77 bits per heavy atom. The molecule has 1 saturated heterocycles. The maximum Gasteiger partial charge on any atom is 0.412 e. The van der Waals surface area contributed by atoms with Crippen LogP contribution in [0.5, 0.6) is 0 Å². The second-order valence-corrected chi connectivity index (χ2v) is 7.87. The average Bonchev–Trinajstić information content (AvgIpc) is 2.62. The van der Waals surface area contributed by atoms with Crippen molar-refractivity contribution in [3.8, 4) is 0 Å². The summed E-state index contributed by atoms with van der Waals surface area (Å²) in [5.74, 6) is 0. The van der Waals surface area contributed by atoms with Crippen molar-refractivity contribution >= 4 is 23.6 Å². The quantitative estimate of drug-likeness (QED) is 0.674. The third-order valence-electron chi connectivity index (χ3n) is 4.78. The summed E-state index contributed by atoms with van der Waals surface area (Å²) >= 11 is 0. The highest BCUT2D eigenvalue weighted by Gasteiger charge is 2.39. The lowest BCUT2D eigenvalue weighted by Crippen LogP contribution is -2.50. The lowest BCUT2D eigenvalue weighted by molar-refractivity contribution is -0.217. The lowest BCUT2D eigenvalue weighted by Gasteiger charge is -2.34. The monoisotopic (exact) mass is 428 g/mol. The number of rotatable bonds is 4. The van der Waals surface area contributed by atoms with E-state index in [9.17, 15) is 14.7 Å². The van der Waals surface area contributed by atoms with E-state index >= 15 is 0 Å². The van der Waals surface area contributed by atoms with Crippen LogP contribution in [0.1, 0.15) is 28.7 Å². The van der Waals surface area contributed by atoms with E-state index < -0.39 is 30.7 Å². The van der Waals surface area contributed by atoms with Gasteiger partial charge in [-0.1, -0.05) is 12.1 Å². The predicted octanol–water partition coefficient (Wildman–Crippen LogP) is 4.19. The molecule has 0 radical (unpaired) electrons. The first-order valence-corrected chi connectivity index (χ1v) is 10.1. The first-order valence-electron chi connectivity index (χ1n) is 10.1. The number of carbonyl (C=O) groups excluding carboxylic acids is 2. The van der Waals surface area contributed by atoms with Gasteiger partial charge in [0.15, 0.2) is 12.4 Å². The molecule has 0 bridgehead atoms. The number of amides is 2. The first kappa shape index (κ1) is 22.6. The van der Waals surface area contributed by atoms with Gasteiger partial charge in [-0.05, 0) is 74.2 Å². The predicted molar refractivity (Wildman–Crippen MR) is 116 cm³/mol. The molecule has 1 fully saturated rings. The number of aliphatic hydroxyl groups excluding tert-OH is 1. The zero-order valence-electron chi connectivity index (χ0n) is 18.1. The minimum atomic E-state index is -1.40. The van der Waals surface area contributed by atoms with Gasteiger partial charge in [0.1, 0.15) is 6.10 Å². The Bertz CT molecular complexity index is 921. The van der Waals surface area contributed by atoms with Gasteiger partial charge in [-0.15, -0.1) is 0 Å². The van der Waals surface area contributed by atoms with Gasteiger partial charge < -0.3 is 19.3 Å². The number of carbonyl (C=O) groups is 2.